The first-order valence-electron chi connectivity index (χ1n) is 12.3. The number of carboxylic acids is 1. The molecule has 0 radical (unpaired) electrons. The lowest BCUT2D eigenvalue weighted by molar-refractivity contribution is -0.137. The summed E-state index contributed by atoms with van der Waals surface area (Å²) in [4.78, 5) is 23.2. The van der Waals surface area contributed by atoms with Gasteiger partial charge in [0.25, 0.3) is 0 Å². The van der Waals surface area contributed by atoms with Crippen LogP contribution in [0.25, 0.3) is 5.57 Å². The van der Waals surface area contributed by atoms with Crippen molar-refractivity contribution in [1.29, 1.82) is 0 Å². The Morgan fingerprint density at radius 3 is 2.44 bits per heavy atom. The predicted molar refractivity (Wildman–Crippen MR) is 146 cm³/mol. The van der Waals surface area contributed by atoms with Gasteiger partial charge < -0.3 is 15.6 Å². The first-order chi connectivity index (χ1) is 17.3. The van der Waals surface area contributed by atoms with Crippen LogP contribution in [0.5, 0.6) is 5.75 Å². The van der Waals surface area contributed by atoms with Crippen molar-refractivity contribution in [2.45, 2.75) is 52.0 Å². The van der Waals surface area contributed by atoms with Crippen LogP contribution in [0.15, 0.2) is 89.1 Å². The number of ether oxygens (including phenoxy) is 1. The first kappa shape index (κ1) is 27.4. The zero-order valence-corrected chi connectivity index (χ0v) is 21.6. The van der Waals surface area contributed by atoms with Gasteiger partial charge in [0.1, 0.15) is 11.8 Å². The number of carbonyl (C=O) groups excluding carboxylic acids is 1. The van der Waals surface area contributed by atoms with Crippen LogP contribution >= 0.6 is 11.6 Å². The quantitative estimate of drug-likeness (QED) is 0.163. The highest BCUT2D eigenvalue weighted by Crippen LogP contribution is 2.39. The highest BCUT2D eigenvalue weighted by Gasteiger charge is 2.21. The Kier molecular flexibility index (Phi) is 10.1. The highest BCUT2D eigenvalue weighted by molar-refractivity contribution is 6.18. The number of nitrogens with two attached hydrogens (primary N) is 1. The molecular weight excluding hydrogens is 474 g/mol. The maximum absolute atomic E-state index is 12.3. The standard InChI is InChI=1S/C30H34ClNO4/c1-20(2)29(32)30(35)36-25-15-13-24(14-16-25)28(26(18-19-31)22-6-4-3-5-7-22)23-11-8-21(9-12-23)10-17-27(33)34/h4,6-8,10-11,13-17,20,29H,3,5,9,12,18-19,32H2,1-2H3,(H,33,34)/b17-10+,28-26+. The van der Waals surface area contributed by atoms with Gasteiger partial charge in [-0.15, -0.1) is 11.6 Å². The molecular formula is C30H34ClNO4. The van der Waals surface area contributed by atoms with Gasteiger partial charge in [0.2, 0.25) is 0 Å². The smallest absolute Gasteiger partial charge is 0.328 e. The first-order valence-corrected chi connectivity index (χ1v) is 12.9. The molecule has 1 aromatic rings. The molecule has 0 spiro atoms. The average molecular weight is 508 g/mol. The number of rotatable bonds is 10. The van der Waals surface area contributed by atoms with Crippen molar-refractivity contribution in [1.82, 2.24) is 0 Å². The number of benzene rings is 1. The Morgan fingerprint density at radius 1 is 1.14 bits per heavy atom. The topological polar surface area (TPSA) is 89.6 Å². The van der Waals surface area contributed by atoms with Crippen LogP contribution in [0, 0.1) is 5.92 Å². The van der Waals surface area contributed by atoms with E-state index in [2.05, 4.69) is 24.3 Å². The molecule has 0 bridgehead atoms. The van der Waals surface area contributed by atoms with E-state index in [1.54, 1.807) is 18.2 Å². The van der Waals surface area contributed by atoms with Crippen LogP contribution < -0.4 is 10.5 Å². The average Bonchev–Trinajstić information content (AvgIpc) is 2.88. The summed E-state index contributed by atoms with van der Waals surface area (Å²) < 4.78 is 5.50. The molecule has 0 saturated carbocycles. The number of alkyl halides is 1. The van der Waals surface area contributed by atoms with Gasteiger partial charge in [0, 0.05) is 12.0 Å². The number of aliphatic carboxylic acids is 1. The van der Waals surface area contributed by atoms with Crippen molar-refractivity contribution in [3.8, 4) is 5.75 Å². The number of halogens is 1. The van der Waals surface area contributed by atoms with E-state index in [0.717, 1.165) is 48.0 Å². The molecule has 190 valence electrons. The fraction of sp³-hybridized carbons (Fsp3) is 0.333. The van der Waals surface area contributed by atoms with Crippen molar-refractivity contribution >= 4 is 29.1 Å². The minimum absolute atomic E-state index is 0.0113. The summed E-state index contributed by atoms with van der Waals surface area (Å²) in [5.74, 6) is -0.475. The molecule has 0 amide bonds. The summed E-state index contributed by atoms with van der Waals surface area (Å²) in [6, 6.07) is 6.84. The number of esters is 1. The van der Waals surface area contributed by atoms with Crippen LogP contribution in [0.1, 0.15) is 51.5 Å². The third-order valence-corrected chi connectivity index (χ3v) is 6.47. The normalized spacial score (nSPS) is 17.3. The van der Waals surface area contributed by atoms with Crippen LogP contribution in [0.2, 0.25) is 0 Å². The van der Waals surface area contributed by atoms with Gasteiger partial charge in [-0.3, -0.25) is 0 Å². The molecule has 3 N–H and O–H groups in total. The minimum atomic E-state index is -0.957. The maximum Gasteiger partial charge on any atom is 0.328 e. The summed E-state index contributed by atoms with van der Waals surface area (Å²) in [6.45, 7) is 3.77. The fourth-order valence-electron chi connectivity index (χ4n) is 4.22. The number of allylic oxidation sites excluding steroid dienone is 11. The van der Waals surface area contributed by atoms with Crippen molar-refractivity contribution in [3.63, 3.8) is 0 Å². The summed E-state index contributed by atoms with van der Waals surface area (Å²) in [5, 5.41) is 8.94. The van der Waals surface area contributed by atoms with Crippen LogP contribution in [-0.4, -0.2) is 29.0 Å². The van der Waals surface area contributed by atoms with Crippen molar-refractivity contribution in [2.75, 3.05) is 5.88 Å². The zero-order valence-electron chi connectivity index (χ0n) is 20.9. The van der Waals surface area contributed by atoms with Gasteiger partial charge >= 0.3 is 11.9 Å². The van der Waals surface area contributed by atoms with Crippen molar-refractivity contribution in [3.05, 3.63) is 94.7 Å². The van der Waals surface area contributed by atoms with Crippen molar-refractivity contribution in [2.24, 2.45) is 11.7 Å². The van der Waals surface area contributed by atoms with Crippen LogP contribution in [0.3, 0.4) is 0 Å². The molecule has 1 aromatic carbocycles. The van der Waals surface area contributed by atoms with Crippen LogP contribution in [0.4, 0.5) is 0 Å². The molecule has 2 aliphatic carbocycles. The van der Waals surface area contributed by atoms with E-state index in [1.807, 2.05) is 32.1 Å². The predicted octanol–water partition coefficient (Wildman–Crippen LogP) is 6.52. The second-order valence-corrected chi connectivity index (χ2v) is 9.63. The summed E-state index contributed by atoms with van der Waals surface area (Å²) in [5.41, 5.74) is 12.5. The van der Waals surface area contributed by atoms with E-state index in [1.165, 1.54) is 17.2 Å². The molecule has 0 aromatic heterocycles. The Hall–Kier alpha value is -3.15. The van der Waals surface area contributed by atoms with Gasteiger partial charge in [-0.2, -0.15) is 0 Å². The second-order valence-electron chi connectivity index (χ2n) is 9.25. The minimum Gasteiger partial charge on any atom is -0.478 e. The van der Waals surface area contributed by atoms with E-state index in [9.17, 15) is 9.59 Å². The van der Waals surface area contributed by atoms with E-state index < -0.39 is 18.0 Å². The van der Waals surface area contributed by atoms with E-state index in [-0.39, 0.29) is 5.92 Å². The SMILES string of the molecule is CC(C)C(N)C(=O)Oc1ccc(/C(C2=CC=C(/C=C/C(=O)O)CC2)=C(\CCCl)C2=CCCC=C2)cc1. The number of hydrogen-bond donors (Lipinski definition) is 2. The number of hydrogen-bond acceptors (Lipinski definition) is 4. The molecule has 6 heteroatoms. The largest absolute Gasteiger partial charge is 0.478 e. The van der Waals surface area contributed by atoms with E-state index >= 15 is 0 Å². The Balaban J connectivity index is 2.02. The molecule has 3 rings (SSSR count). The van der Waals surface area contributed by atoms with Gasteiger partial charge in [0.15, 0.2) is 0 Å². The Morgan fingerprint density at radius 2 is 1.89 bits per heavy atom. The van der Waals surface area contributed by atoms with Crippen LogP contribution in [-0.2, 0) is 9.59 Å². The fourth-order valence-corrected chi connectivity index (χ4v) is 4.41. The molecule has 5 nitrogen and oxygen atoms in total. The number of carbonyl (C=O) groups is 2. The third-order valence-electron chi connectivity index (χ3n) is 6.28. The Labute approximate surface area is 218 Å². The molecule has 1 atom stereocenters. The maximum atomic E-state index is 12.3. The molecule has 36 heavy (non-hydrogen) atoms. The summed E-state index contributed by atoms with van der Waals surface area (Å²) in [7, 11) is 0. The summed E-state index contributed by atoms with van der Waals surface area (Å²) >= 11 is 6.27. The van der Waals surface area contributed by atoms with Crippen molar-refractivity contribution < 1.29 is 19.4 Å². The lowest BCUT2D eigenvalue weighted by Gasteiger charge is -2.23. The second kappa shape index (κ2) is 13.2. The molecule has 0 fully saturated rings. The van der Waals surface area contributed by atoms with Gasteiger partial charge in [-0.25, -0.2) is 9.59 Å². The number of carboxylic acid groups (broad SMARTS) is 1. The molecule has 0 aliphatic heterocycles. The van der Waals surface area contributed by atoms with Gasteiger partial charge in [-0.1, -0.05) is 62.4 Å². The monoisotopic (exact) mass is 507 g/mol. The van der Waals surface area contributed by atoms with Gasteiger partial charge in [0.05, 0.1) is 0 Å². The molecule has 1 unspecified atom stereocenters. The molecule has 0 saturated heterocycles. The van der Waals surface area contributed by atoms with E-state index in [4.69, 9.17) is 27.2 Å². The zero-order chi connectivity index (χ0) is 26.1. The molecule has 0 heterocycles. The van der Waals surface area contributed by atoms with E-state index in [0.29, 0.717) is 18.1 Å². The summed E-state index contributed by atoms with van der Waals surface area (Å²) in [6.07, 6.45) is 17.7. The Bertz CT molecular complexity index is 1150. The lowest BCUT2D eigenvalue weighted by Crippen LogP contribution is -2.38. The van der Waals surface area contributed by atoms with Gasteiger partial charge in [-0.05, 0) is 83.6 Å². The third kappa shape index (κ3) is 7.42. The molecule has 2 aliphatic rings. The lowest BCUT2D eigenvalue weighted by atomic mass is 9.82. The highest BCUT2D eigenvalue weighted by atomic mass is 35.5.